The van der Waals surface area contributed by atoms with Crippen molar-refractivity contribution in [2.45, 2.75) is 13.5 Å². The van der Waals surface area contributed by atoms with Crippen LogP contribution < -0.4 is 4.74 Å². The second-order valence-corrected chi connectivity index (χ2v) is 8.28. The molecule has 4 nitrogen and oxygen atoms in total. The second-order valence-electron chi connectivity index (χ2n) is 5.62. The van der Waals surface area contributed by atoms with Crippen LogP contribution in [0.2, 0.25) is 10.0 Å². The van der Waals surface area contributed by atoms with Gasteiger partial charge >= 0.3 is 0 Å². The molecule has 2 aromatic rings. The predicted octanol–water partition coefficient (Wildman–Crippen LogP) is 6.39. The van der Waals surface area contributed by atoms with E-state index in [1.807, 2.05) is 18.2 Å². The largest absolute Gasteiger partial charge is 0.486 e. The molecule has 1 fully saturated rings. The average Bonchev–Trinajstić information content (AvgIpc) is 2.88. The van der Waals surface area contributed by atoms with Crippen molar-refractivity contribution in [2.24, 2.45) is 0 Å². The fourth-order valence-electron chi connectivity index (χ4n) is 2.49. The lowest BCUT2D eigenvalue weighted by molar-refractivity contribution is -0.122. The molecule has 0 N–H and O–H groups in total. The van der Waals surface area contributed by atoms with Crippen molar-refractivity contribution >= 4 is 68.1 Å². The van der Waals surface area contributed by atoms with Gasteiger partial charge in [-0.2, -0.15) is 0 Å². The lowest BCUT2D eigenvalue weighted by Crippen LogP contribution is -2.27. The summed E-state index contributed by atoms with van der Waals surface area (Å²) in [6, 6.07) is 10.9. The first-order valence-corrected chi connectivity index (χ1v) is 10.4. The molecule has 2 aromatic carbocycles. The van der Waals surface area contributed by atoms with Gasteiger partial charge in [0, 0.05) is 17.1 Å². The number of halogens is 3. The van der Waals surface area contributed by atoms with Gasteiger partial charge in [0.1, 0.15) is 6.61 Å². The van der Waals surface area contributed by atoms with Gasteiger partial charge in [-0.05, 0) is 64.5 Å². The number of benzene rings is 2. The Morgan fingerprint density at radius 3 is 2.56 bits per heavy atom. The van der Waals surface area contributed by atoms with Gasteiger partial charge in [0.25, 0.3) is 11.1 Å². The number of imide groups is 1. The number of likely N-dealkylation sites (N-methyl/N-ethyl adjacent to an activating group) is 1. The fourth-order valence-corrected chi connectivity index (χ4v) is 4.57. The maximum absolute atomic E-state index is 12.2. The zero-order chi connectivity index (χ0) is 19.6. The third-order valence-corrected chi connectivity index (χ3v) is 5.98. The Kier molecular flexibility index (Phi) is 6.52. The first kappa shape index (κ1) is 20.3. The molecule has 140 valence electrons. The second kappa shape index (κ2) is 8.69. The van der Waals surface area contributed by atoms with Crippen LogP contribution in [-0.2, 0) is 11.4 Å². The summed E-state index contributed by atoms with van der Waals surface area (Å²) < 4.78 is 6.46. The van der Waals surface area contributed by atoms with Crippen LogP contribution in [0.1, 0.15) is 18.1 Å². The molecule has 0 spiro atoms. The quantitative estimate of drug-likeness (QED) is 0.459. The Hall–Kier alpha value is -1.47. The third kappa shape index (κ3) is 4.51. The number of hydrogen-bond acceptors (Lipinski definition) is 4. The van der Waals surface area contributed by atoms with Crippen molar-refractivity contribution < 1.29 is 14.3 Å². The molecule has 3 rings (SSSR count). The van der Waals surface area contributed by atoms with Crippen LogP contribution in [0.5, 0.6) is 5.75 Å². The third-order valence-electron chi connectivity index (χ3n) is 3.84. The van der Waals surface area contributed by atoms with Crippen LogP contribution >= 0.6 is 50.9 Å². The minimum atomic E-state index is -0.293. The monoisotopic (exact) mass is 485 g/mol. The minimum Gasteiger partial charge on any atom is -0.486 e. The highest BCUT2D eigenvalue weighted by Gasteiger charge is 2.33. The fraction of sp³-hybridized carbons (Fsp3) is 0.158. The highest BCUT2D eigenvalue weighted by Crippen LogP contribution is 2.38. The maximum atomic E-state index is 12.2. The summed E-state index contributed by atoms with van der Waals surface area (Å²) >= 11 is 16.9. The van der Waals surface area contributed by atoms with Gasteiger partial charge in [0.05, 0.1) is 14.4 Å². The summed E-state index contributed by atoms with van der Waals surface area (Å²) in [5, 5.41) is 0.740. The van der Waals surface area contributed by atoms with Crippen LogP contribution in [-0.4, -0.2) is 22.6 Å². The Morgan fingerprint density at radius 1 is 1.19 bits per heavy atom. The van der Waals surface area contributed by atoms with E-state index in [1.165, 1.54) is 4.90 Å². The number of carbonyl (C=O) groups is 2. The molecule has 0 aliphatic carbocycles. The van der Waals surface area contributed by atoms with E-state index in [0.29, 0.717) is 37.3 Å². The van der Waals surface area contributed by atoms with Crippen molar-refractivity contribution in [2.75, 3.05) is 6.54 Å². The summed E-state index contributed by atoms with van der Waals surface area (Å²) in [5.41, 5.74) is 1.54. The van der Waals surface area contributed by atoms with Gasteiger partial charge in [-0.15, -0.1) is 0 Å². The molecule has 8 heteroatoms. The normalized spacial score (nSPS) is 15.7. The molecule has 1 aliphatic heterocycles. The number of thioether (sulfide) groups is 1. The van der Waals surface area contributed by atoms with Gasteiger partial charge < -0.3 is 4.74 Å². The molecular formula is C19H14BrCl2NO3S. The van der Waals surface area contributed by atoms with Crippen molar-refractivity contribution in [3.05, 3.63) is 66.9 Å². The summed E-state index contributed by atoms with van der Waals surface area (Å²) in [5.74, 6) is 0.189. The molecule has 0 bridgehead atoms. The van der Waals surface area contributed by atoms with Gasteiger partial charge in [-0.3, -0.25) is 14.5 Å². The van der Waals surface area contributed by atoms with E-state index in [-0.39, 0.29) is 17.8 Å². The van der Waals surface area contributed by atoms with Crippen LogP contribution in [0.25, 0.3) is 6.08 Å². The van der Waals surface area contributed by atoms with Crippen LogP contribution in [0.3, 0.4) is 0 Å². The van der Waals surface area contributed by atoms with Gasteiger partial charge in [-0.25, -0.2) is 0 Å². The molecule has 0 unspecified atom stereocenters. The summed E-state index contributed by atoms with van der Waals surface area (Å²) in [7, 11) is 0. The molecule has 1 heterocycles. The topological polar surface area (TPSA) is 46.6 Å². The number of hydrogen-bond donors (Lipinski definition) is 0. The molecule has 0 radical (unpaired) electrons. The molecule has 2 amide bonds. The van der Waals surface area contributed by atoms with Crippen molar-refractivity contribution in [3.8, 4) is 5.75 Å². The molecule has 0 aromatic heterocycles. The standard InChI is InChI=1S/C19H14BrCl2NO3S/c1-2-23-18(24)16(27-19(23)25)9-11-7-13(20)17(15(22)8-11)26-10-12-5-3-4-6-14(12)21/h3-9H,2,10H2,1H3/b16-9+. The summed E-state index contributed by atoms with van der Waals surface area (Å²) in [6.07, 6.45) is 1.65. The minimum absolute atomic E-state index is 0.265. The van der Waals surface area contributed by atoms with Crippen LogP contribution in [0.15, 0.2) is 45.8 Å². The van der Waals surface area contributed by atoms with Crippen molar-refractivity contribution in [3.63, 3.8) is 0 Å². The average molecular weight is 487 g/mol. The SMILES string of the molecule is CCN1C(=O)S/C(=C/c2cc(Cl)c(OCc3ccccc3Cl)c(Br)c2)C1=O. The summed E-state index contributed by atoms with van der Waals surface area (Å²) in [6.45, 7) is 2.38. The lowest BCUT2D eigenvalue weighted by Gasteiger charge is -2.12. The van der Waals surface area contributed by atoms with Crippen LogP contribution in [0, 0.1) is 0 Å². The Bertz CT molecular complexity index is 925. The predicted molar refractivity (Wildman–Crippen MR) is 113 cm³/mol. The van der Waals surface area contributed by atoms with E-state index in [0.717, 1.165) is 17.3 Å². The Morgan fingerprint density at radius 2 is 1.93 bits per heavy atom. The maximum Gasteiger partial charge on any atom is 0.293 e. The van der Waals surface area contributed by atoms with Gasteiger partial charge in [-0.1, -0.05) is 41.4 Å². The van der Waals surface area contributed by atoms with Gasteiger partial charge in [0.2, 0.25) is 0 Å². The van der Waals surface area contributed by atoms with Crippen molar-refractivity contribution in [1.29, 1.82) is 0 Å². The van der Waals surface area contributed by atoms with E-state index in [4.69, 9.17) is 27.9 Å². The lowest BCUT2D eigenvalue weighted by atomic mass is 10.2. The molecule has 27 heavy (non-hydrogen) atoms. The highest BCUT2D eigenvalue weighted by molar-refractivity contribution is 9.10. The van der Waals surface area contributed by atoms with Gasteiger partial charge in [0.15, 0.2) is 5.75 Å². The van der Waals surface area contributed by atoms with E-state index in [1.54, 1.807) is 31.2 Å². The molecule has 1 saturated heterocycles. The summed E-state index contributed by atoms with van der Waals surface area (Å²) in [4.78, 5) is 25.6. The number of rotatable bonds is 5. The zero-order valence-corrected chi connectivity index (χ0v) is 18.1. The smallest absolute Gasteiger partial charge is 0.293 e. The van der Waals surface area contributed by atoms with Crippen molar-refractivity contribution in [1.82, 2.24) is 4.90 Å². The number of amides is 2. The first-order valence-electron chi connectivity index (χ1n) is 8.01. The van der Waals surface area contributed by atoms with E-state index < -0.39 is 0 Å². The first-order chi connectivity index (χ1) is 12.9. The number of carbonyl (C=O) groups excluding carboxylic acids is 2. The van der Waals surface area contributed by atoms with E-state index >= 15 is 0 Å². The van der Waals surface area contributed by atoms with E-state index in [9.17, 15) is 9.59 Å². The Labute approximate surface area is 179 Å². The highest BCUT2D eigenvalue weighted by atomic mass is 79.9. The molecule has 0 saturated carbocycles. The van der Waals surface area contributed by atoms with Crippen LogP contribution in [0.4, 0.5) is 4.79 Å². The molecular weight excluding hydrogens is 473 g/mol. The molecule has 0 atom stereocenters. The van der Waals surface area contributed by atoms with E-state index in [2.05, 4.69) is 15.9 Å². The number of ether oxygens (including phenoxy) is 1. The number of nitrogens with zero attached hydrogens (tertiary/aromatic N) is 1. The zero-order valence-electron chi connectivity index (χ0n) is 14.2. The molecule has 1 aliphatic rings. The Balaban J connectivity index is 1.81.